The van der Waals surface area contributed by atoms with E-state index < -0.39 is 16.5 Å². The number of carbonyl (C=O) groups is 1. The van der Waals surface area contributed by atoms with Crippen molar-refractivity contribution in [2.75, 3.05) is 21.3 Å². The molecule has 0 bridgehead atoms. The molecule has 9 heteroatoms. The Morgan fingerprint density at radius 2 is 1.84 bits per heavy atom. The van der Waals surface area contributed by atoms with Crippen molar-refractivity contribution in [1.82, 2.24) is 5.43 Å². The summed E-state index contributed by atoms with van der Waals surface area (Å²) in [5.41, 5.74) is 0.979. The molecule has 0 radical (unpaired) electrons. The molecule has 0 saturated heterocycles. The summed E-state index contributed by atoms with van der Waals surface area (Å²) >= 11 is 0. The first-order valence-corrected chi connectivity index (χ1v) is 5.00. The van der Waals surface area contributed by atoms with E-state index in [4.69, 9.17) is 20.1 Å². The largest absolute Gasteiger partial charge is 0.493 e. The molecule has 19 heavy (non-hydrogen) atoms. The number of nitrogens with two attached hydrogens (primary N) is 1. The summed E-state index contributed by atoms with van der Waals surface area (Å²) in [4.78, 5) is 21.9. The van der Waals surface area contributed by atoms with Gasteiger partial charge < -0.3 is 14.2 Å². The van der Waals surface area contributed by atoms with Crippen LogP contribution in [0.5, 0.6) is 17.2 Å². The molecule has 0 spiro atoms. The van der Waals surface area contributed by atoms with Crippen LogP contribution in [0.2, 0.25) is 0 Å². The van der Waals surface area contributed by atoms with Crippen molar-refractivity contribution >= 4 is 11.6 Å². The fourth-order valence-corrected chi connectivity index (χ4v) is 1.57. The minimum absolute atomic E-state index is 0.0188. The monoisotopic (exact) mass is 271 g/mol. The van der Waals surface area contributed by atoms with Gasteiger partial charge in [-0.1, -0.05) is 0 Å². The number of methoxy groups -OCH3 is 3. The second-order valence-electron chi connectivity index (χ2n) is 3.27. The number of nitro benzene ring substituents is 1. The first kappa shape index (κ1) is 14.5. The summed E-state index contributed by atoms with van der Waals surface area (Å²) < 4.78 is 14.9. The Balaban J connectivity index is 3.72. The Kier molecular flexibility index (Phi) is 4.48. The molecule has 0 saturated carbocycles. The standard InChI is InChI=1S/C10H13N3O6/c1-17-6-4-5(10(14)12-11)7(13(15)16)9(19-3)8(6)18-2/h4H,11H2,1-3H3,(H,12,14). The number of benzene rings is 1. The minimum Gasteiger partial charge on any atom is -0.493 e. The molecule has 0 aliphatic rings. The number of nitrogens with zero attached hydrogens (tertiary/aromatic N) is 1. The highest BCUT2D eigenvalue weighted by molar-refractivity contribution is 6.00. The van der Waals surface area contributed by atoms with E-state index in [0.29, 0.717) is 0 Å². The van der Waals surface area contributed by atoms with Crippen LogP contribution in [0, 0.1) is 10.1 Å². The fourth-order valence-electron chi connectivity index (χ4n) is 1.57. The van der Waals surface area contributed by atoms with Crippen LogP contribution >= 0.6 is 0 Å². The van der Waals surface area contributed by atoms with Gasteiger partial charge in [-0.15, -0.1) is 0 Å². The van der Waals surface area contributed by atoms with Crippen molar-refractivity contribution < 1.29 is 23.9 Å². The number of nitro groups is 1. The molecular weight excluding hydrogens is 258 g/mol. The maximum atomic E-state index is 11.6. The molecule has 1 aromatic rings. The van der Waals surface area contributed by atoms with Crippen molar-refractivity contribution in [3.8, 4) is 17.2 Å². The molecule has 1 aromatic carbocycles. The van der Waals surface area contributed by atoms with Gasteiger partial charge in [-0.05, 0) is 0 Å². The van der Waals surface area contributed by atoms with Gasteiger partial charge in [0.2, 0.25) is 11.5 Å². The SMILES string of the molecule is COc1cc(C(=O)NN)c([N+](=O)[O-])c(OC)c1OC. The number of rotatable bonds is 5. The average Bonchev–Trinajstić information content (AvgIpc) is 2.43. The van der Waals surface area contributed by atoms with Crippen molar-refractivity contribution in [1.29, 1.82) is 0 Å². The van der Waals surface area contributed by atoms with Crippen LogP contribution in [0.3, 0.4) is 0 Å². The molecule has 0 aliphatic carbocycles. The number of nitrogen functional groups attached to an aromatic ring is 1. The Bertz CT molecular complexity index is 516. The van der Waals surface area contributed by atoms with E-state index in [1.54, 1.807) is 0 Å². The van der Waals surface area contributed by atoms with Gasteiger partial charge in [0, 0.05) is 6.07 Å². The van der Waals surface area contributed by atoms with Crippen molar-refractivity contribution in [3.05, 3.63) is 21.7 Å². The lowest BCUT2D eigenvalue weighted by molar-refractivity contribution is -0.386. The average molecular weight is 271 g/mol. The number of hydrogen-bond acceptors (Lipinski definition) is 7. The van der Waals surface area contributed by atoms with Gasteiger partial charge in [-0.25, -0.2) is 5.84 Å². The first-order chi connectivity index (χ1) is 9.01. The topological polar surface area (TPSA) is 126 Å². The Hall–Kier alpha value is -2.55. The van der Waals surface area contributed by atoms with E-state index >= 15 is 0 Å². The molecule has 0 aromatic heterocycles. The molecular formula is C10H13N3O6. The number of ether oxygens (including phenoxy) is 3. The number of nitrogens with one attached hydrogen (secondary N) is 1. The number of hydrogen-bond donors (Lipinski definition) is 2. The summed E-state index contributed by atoms with van der Waals surface area (Å²) in [5, 5.41) is 11.1. The maximum Gasteiger partial charge on any atom is 0.327 e. The first-order valence-electron chi connectivity index (χ1n) is 5.00. The van der Waals surface area contributed by atoms with E-state index in [9.17, 15) is 14.9 Å². The third-order valence-corrected chi connectivity index (χ3v) is 2.36. The summed E-state index contributed by atoms with van der Waals surface area (Å²) in [6, 6.07) is 1.15. The van der Waals surface area contributed by atoms with Crippen molar-refractivity contribution in [2.24, 2.45) is 5.84 Å². The second kappa shape index (κ2) is 5.87. The second-order valence-corrected chi connectivity index (χ2v) is 3.27. The van der Waals surface area contributed by atoms with E-state index in [-0.39, 0.29) is 22.8 Å². The highest BCUT2D eigenvalue weighted by Gasteiger charge is 2.32. The molecule has 1 rings (SSSR count). The summed E-state index contributed by atoms with van der Waals surface area (Å²) in [7, 11) is 3.84. The molecule has 1 amide bonds. The summed E-state index contributed by atoms with van der Waals surface area (Å²) in [6.07, 6.45) is 0. The minimum atomic E-state index is -0.842. The van der Waals surface area contributed by atoms with Crippen molar-refractivity contribution in [3.63, 3.8) is 0 Å². The van der Waals surface area contributed by atoms with Gasteiger partial charge in [0.15, 0.2) is 5.75 Å². The third kappa shape index (κ3) is 2.50. The lowest BCUT2D eigenvalue weighted by atomic mass is 10.1. The Labute approximate surface area is 108 Å². The highest BCUT2D eigenvalue weighted by atomic mass is 16.6. The number of amides is 1. The molecule has 0 fully saturated rings. The summed E-state index contributed by atoms with van der Waals surface area (Å²) in [6.45, 7) is 0. The van der Waals surface area contributed by atoms with Gasteiger partial charge in [-0.2, -0.15) is 0 Å². The lowest BCUT2D eigenvalue weighted by Crippen LogP contribution is -2.30. The smallest absolute Gasteiger partial charge is 0.327 e. The van der Waals surface area contributed by atoms with Gasteiger partial charge in [0.25, 0.3) is 5.91 Å². The van der Waals surface area contributed by atoms with Gasteiger partial charge >= 0.3 is 5.69 Å². The van der Waals surface area contributed by atoms with E-state index in [0.717, 1.165) is 6.07 Å². The zero-order valence-corrected chi connectivity index (χ0v) is 10.6. The third-order valence-electron chi connectivity index (χ3n) is 2.36. The molecule has 0 unspecified atom stereocenters. The van der Waals surface area contributed by atoms with Crippen LogP contribution in [0.25, 0.3) is 0 Å². The molecule has 0 heterocycles. The predicted molar refractivity (Wildman–Crippen MR) is 64.4 cm³/mol. The van der Waals surface area contributed by atoms with E-state index in [1.165, 1.54) is 21.3 Å². The zero-order chi connectivity index (χ0) is 14.6. The highest BCUT2D eigenvalue weighted by Crippen LogP contribution is 2.46. The molecule has 104 valence electrons. The van der Waals surface area contributed by atoms with Gasteiger partial charge in [0.1, 0.15) is 5.56 Å². The van der Waals surface area contributed by atoms with E-state index in [1.807, 2.05) is 5.43 Å². The van der Waals surface area contributed by atoms with Crippen LogP contribution in [-0.4, -0.2) is 32.2 Å². The molecule has 0 atom stereocenters. The Morgan fingerprint density at radius 1 is 1.26 bits per heavy atom. The zero-order valence-electron chi connectivity index (χ0n) is 10.6. The molecule has 0 aliphatic heterocycles. The van der Waals surface area contributed by atoms with E-state index in [2.05, 4.69) is 0 Å². The quantitative estimate of drug-likeness (QED) is 0.339. The van der Waals surface area contributed by atoms with Crippen LogP contribution in [0.4, 0.5) is 5.69 Å². The maximum absolute atomic E-state index is 11.6. The Morgan fingerprint density at radius 3 is 2.21 bits per heavy atom. The van der Waals surface area contributed by atoms with Crippen LogP contribution in [-0.2, 0) is 0 Å². The van der Waals surface area contributed by atoms with Crippen LogP contribution in [0.1, 0.15) is 10.4 Å². The summed E-state index contributed by atoms with van der Waals surface area (Å²) in [5.74, 6) is 4.07. The van der Waals surface area contributed by atoms with Crippen LogP contribution < -0.4 is 25.5 Å². The van der Waals surface area contributed by atoms with Crippen molar-refractivity contribution in [2.45, 2.75) is 0 Å². The predicted octanol–water partition coefficient (Wildman–Crippen LogP) is 0.224. The normalized spacial score (nSPS) is 9.68. The van der Waals surface area contributed by atoms with Gasteiger partial charge in [-0.3, -0.25) is 20.3 Å². The fraction of sp³-hybridized carbons (Fsp3) is 0.300. The lowest BCUT2D eigenvalue weighted by Gasteiger charge is -2.14. The number of hydrazine groups is 1. The van der Waals surface area contributed by atoms with Gasteiger partial charge in [0.05, 0.1) is 26.3 Å². The van der Waals surface area contributed by atoms with Crippen LogP contribution in [0.15, 0.2) is 6.07 Å². The number of carbonyl (C=O) groups excluding carboxylic acids is 1. The molecule has 3 N–H and O–H groups in total. The molecule has 9 nitrogen and oxygen atoms in total.